The van der Waals surface area contributed by atoms with Gasteiger partial charge in [-0.3, -0.25) is 47.9 Å². The molecule has 394 valence electrons. The van der Waals surface area contributed by atoms with E-state index in [1.165, 1.54) is 13.8 Å². The monoisotopic (exact) mass is 1010 g/mol. The average Bonchev–Trinajstić information content (AvgIpc) is 3.28. The molecular formula is C41H71N9O18S. The number of nitrogens with two attached hydrogens (primary N) is 1. The summed E-state index contributed by atoms with van der Waals surface area (Å²) in [6.07, 6.45) is 0.112. The normalized spacial score (nSPS) is 15.5. The lowest BCUT2D eigenvalue weighted by atomic mass is 10.0. The van der Waals surface area contributed by atoms with Gasteiger partial charge < -0.3 is 84.0 Å². The number of carbonyl (C=O) groups is 11. The van der Waals surface area contributed by atoms with Gasteiger partial charge in [-0.25, -0.2) is 4.79 Å². The van der Waals surface area contributed by atoms with E-state index in [1.54, 1.807) is 0 Å². The van der Waals surface area contributed by atoms with E-state index in [0.717, 1.165) is 26.2 Å². The van der Waals surface area contributed by atoms with Crippen molar-refractivity contribution in [3.63, 3.8) is 0 Å². The number of carboxylic acid groups (broad SMARTS) is 3. The fraction of sp³-hybridized carbons (Fsp3) is 0.732. The zero-order chi connectivity index (χ0) is 53.0. The van der Waals surface area contributed by atoms with E-state index in [0.29, 0.717) is 6.42 Å². The lowest BCUT2D eigenvalue weighted by Crippen LogP contribution is -2.62. The summed E-state index contributed by atoms with van der Waals surface area (Å²) in [6.45, 7) is 2.94. The van der Waals surface area contributed by atoms with Gasteiger partial charge in [0.15, 0.2) is 0 Å². The van der Waals surface area contributed by atoms with Crippen molar-refractivity contribution >= 4 is 77.8 Å². The molecule has 0 aliphatic carbocycles. The van der Waals surface area contributed by atoms with E-state index < -0.39 is 152 Å². The Balaban J connectivity index is 6.26. The van der Waals surface area contributed by atoms with Crippen LogP contribution in [-0.4, -0.2) is 187 Å². The van der Waals surface area contributed by atoms with Gasteiger partial charge in [-0.15, -0.1) is 0 Å². The smallest absolute Gasteiger partial charge is 0.326 e. The predicted molar refractivity (Wildman–Crippen MR) is 244 cm³/mol. The first-order valence-corrected chi connectivity index (χ1v) is 22.8. The Labute approximate surface area is 404 Å². The fourth-order valence-corrected chi connectivity index (χ4v) is 6.27. The van der Waals surface area contributed by atoms with Gasteiger partial charge in [0, 0.05) is 24.6 Å². The first kappa shape index (κ1) is 63.3. The number of thiol groups is 1. The molecule has 0 fully saturated rings. The molecule has 0 aromatic carbocycles. The van der Waals surface area contributed by atoms with Gasteiger partial charge in [-0.05, 0) is 57.8 Å². The Morgan fingerprint density at radius 1 is 0.522 bits per heavy atom. The number of carbonyl (C=O) groups excluding carboxylic acids is 8. The van der Waals surface area contributed by atoms with Crippen molar-refractivity contribution in [3.8, 4) is 0 Å². The van der Waals surface area contributed by atoms with Crippen LogP contribution in [0.25, 0.3) is 0 Å². The molecule has 0 saturated carbocycles. The molecule has 10 atom stereocenters. The van der Waals surface area contributed by atoms with E-state index in [2.05, 4.69) is 49.8 Å². The standard InChI is InChI=1S/C41H71N9O18S/c1-5-22(69)10-6-7-12-29(55)43-15-9-8-11-24(44-40(66)33(21(4)54)50-38(64)27(18-52)46-34(60)23(42)13-14-30(56)57)35(61)47-28(19-53)37(63)49-32(20(2)3)39(65)48-26(17-51)36(62)45-25(41(67)68)16-31(58)59/h20-28,32-33,51-54,69H,5-19,42H2,1-4H3,(H,43,55)(H,44,66)(H,45,62)(H,46,60)(H,47,61)(H,48,65)(H,49,63)(H,50,64)(H,56,57)(H,58,59)(H,67,68)/t21-,22+,23+,24+,25+,26+,27+,28+,32+,33+/m1/s1. The molecule has 0 spiro atoms. The van der Waals surface area contributed by atoms with Crippen LogP contribution in [0.1, 0.15) is 98.3 Å². The average molecular weight is 1010 g/mol. The fourth-order valence-electron chi connectivity index (χ4n) is 6.09. The number of hydrogen-bond acceptors (Lipinski definition) is 17. The molecule has 0 saturated heterocycles. The Kier molecular flexibility index (Phi) is 31.0. The maximum atomic E-state index is 13.8. The summed E-state index contributed by atoms with van der Waals surface area (Å²) in [6, 6.07) is -13.7. The molecule has 17 N–H and O–H groups in total. The minimum absolute atomic E-state index is 0.137. The summed E-state index contributed by atoms with van der Waals surface area (Å²) >= 11 is 4.44. The van der Waals surface area contributed by atoms with Crippen LogP contribution in [-0.2, 0) is 52.7 Å². The molecule has 0 aromatic rings. The summed E-state index contributed by atoms with van der Waals surface area (Å²) in [5, 5.41) is 85.6. The molecule has 0 aliphatic rings. The van der Waals surface area contributed by atoms with Crippen LogP contribution in [0.3, 0.4) is 0 Å². The molecular weight excluding hydrogens is 939 g/mol. The largest absolute Gasteiger partial charge is 0.481 e. The van der Waals surface area contributed by atoms with E-state index >= 15 is 0 Å². The van der Waals surface area contributed by atoms with Gasteiger partial charge in [-0.2, -0.15) is 12.6 Å². The van der Waals surface area contributed by atoms with Gasteiger partial charge in [0.05, 0.1) is 38.4 Å². The number of hydrogen-bond donors (Lipinski definition) is 17. The minimum Gasteiger partial charge on any atom is -0.481 e. The Morgan fingerprint density at radius 2 is 0.971 bits per heavy atom. The van der Waals surface area contributed by atoms with Gasteiger partial charge in [0.2, 0.25) is 47.3 Å². The molecule has 0 aliphatic heterocycles. The van der Waals surface area contributed by atoms with Crippen molar-refractivity contribution in [3.05, 3.63) is 0 Å². The topological polar surface area (TPSA) is 452 Å². The Bertz CT molecular complexity index is 1740. The number of amides is 8. The summed E-state index contributed by atoms with van der Waals surface area (Å²) < 4.78 is 0. The zero-order valence-corrected chi connectivity index (χ0v) is 40.0. The van der Waals surface area contributed by atoms with E-state index in [4.69, 9.17) is 15.9 Å². The highest BCUT2D eigenvalue weighted by molar-refractivity contribution is 7.80. The van der Waals surface area contributed by atoms with Crippen LogP contribution in [0.5, 0.6) is 0 Å². The quantitative estimate of drug-likeness (QED) is 0.0206. The van der Waals surface area contributed by atoms with Crippen LogP contribution < -0.4 is 48.3 Å². The van der Waals surface area contributed by atoms with Gasteiger partial charge in [0.1, 0.15) is 42.3 Å². The van der Waals surface area contributed by atoms with Crippen molar-refractivity contribution < 1.29 is 88.5 Å². The number of unbranched alkanes of at least 4 members (excludes halogenated alkanes) is 2. The zero-order valence-electron chi connectivity index (χ0n) is 39.1. The maximum absolute atomic E-state index is 13.8. The van der Waals surface area contributed by atoms with Crippen LogP contribution in [0.4, 0.5) is 0 Å². The lowest BCUT2D eigenvalue weighted by Gasteiger charge is -2.28. The summed E-state index contributed by atoms with van der Waals surface area (Å²) in [5.74, 6) is -13.6. The molecule has 0 aromatic heterocycles. The highest BCUT2D eigenvalue weighted by atomic mass is 32.1. The maximum Gasteiger partial charge on any atom is 0.326 e. The molecule has 0 rings (SSSR count). The predicted octanol–water partition coefficient (Wildman–Crippen LogP) is -5.30. The third-order valence-electron chi connectivity index (χ3n) is 10.3. The third-order valence-corrected chi connectivity index (χ3v) is 10.9. The van der Waals surface area contributed by atoms with Crippen LogP contribution in [0.2, 0.25) is 0 Å². The number of aliphatic carboxylic acids is 3. The van der Waals surface area contributed by atoms with E-state index in [9.17, 15) is 78.3 Å². The van der Waals surface area contributed by atoms with Gasteiger partial charge >= 0.3 is 17.9 Å². The highest BCUT2D eigenvalue weighted by Crippen LogP contribution is 2.12. The number of carboxylic acids is 3. The number of nitrogens with one attached hydrogen (secondary N) is 8. The van der Waals surface area contributed by atoms with Crippen LogP contribution in [0.15, 0.2) is 0 Å². The van der Waals surface area contributed by atoms with Crippen molar-refractivity contribution in [2.75, 3.05) is 26.4 Å². The highest BCUT2D eigenvalue weighted by Gasteiger charge is 2.36. The summed E-state index contributed by atoms with van der Waals surface area (Å²) in [4.78, 5) is 138. The van der Waals surface area contributed by atoms with Crippen molar-refractivity contribution in [2.24, 2.45) is 11.7 Å². The second-order valence-corrected chi connectivity index (χ2v) is 17.2. The second kappa shape index (κ2) is 33.8. The molecule has 0 bridgehead atoms. The molecule has 8 amide bonds. The summed E-state index contributed by atoms with van der Waals surface area (Å²) in [7, 11) is 0. The third kappa shape index (κ3) is 25.5. The van der Waals surface area contributed by atoms with Crippen LogP contribution >= 0.6 is 12.6 Å². The Morgan fingerprint density at radius 3 is 1.45 bits per heavy atom. The number of rotatable bonds is 36. The molecule has 69 heavy (non-hydrogen) atoms. The van der Waals surface area contributed by atoms with E-state index in [-0.39, 0.29) is 49.8 Å². The first-order valence-electron chi connectivity index (χ1n) is 22.3. The molecule has 0 unspecified atom stereocenters. The second-order valence-electron chi connectivity index (χ2n) is 16.4. The molecule has 0 radical (unpaired) electrons. The molecule has 0 heterocycles. The minimum atomic E-state index is -1.93. The van der Waals surface area contributed by atoms with Crippen molar-refractivity contribution in [2.45, 2.75) is 158 Å². The van der Waals surface area contributed by atoms with Crippen molar-refractivity contribution in [1.82, 2.24) is 42.5 Å². The molecule has 28 heteroatoms. The Hall–Kier alpha value is -5.68. The number of aliphatic hydroxyl groups is 4. The first-order chi connectivity index (χ1) is 32.3. The van der Waals surface area contributed by atoms with Crippen LogP contribution in [0, 0.1) is 5.92 Å². The molecule has 27 nitrogen and oxygen atoms in total. The number of aliphatic hydroxyl groups excluding tert-OH is 4. The SMILES string of the molecule is CC[C@H](S)CCCCC(=O)NCCCC[C@H](NC(=O)[C@@H](NC(=O)[C@H](CO)NC(=O)[C@@H](N)CCC(=O)O)[C@@H](C)O)C(=O)N[C@@H](CO)C(=O)N[C@H](C(=O)N[C@@H](CO)C(=O)N[C@@H](CC(=O)O)C(=O)O)C(C)C. The van der Waals surface area contributed by atoms with Crippen molar-refractivity contribution in [1.29, 1.82) is 0 Å². The van der Waals surface area contributed by atoms with Gasteiger partial charge in [0.25, 0.3) is 0 Å². The lowest BCUT2D eigenvalue weighted by molar-refractivity contribution is -0.147. The van der Waals surface area contributed by atoms with E-state index in [1.807, 2.05) is 12.2 Å². The summed E-state index contributed by atoms with van der Waals surface area (Å²) in [5.41, 5.74) is 5.68. The van der Waals surface area contributed by atoms with Gasteiger partial charge in [-0.1, -0.05) is 27.2 Å².